The van der Waals surface area contributed by atoms with Gasteiger partial charge in [-0.25, -0.2) is 9.97 Å². The second kappa shape index (κ2) is 16.3. The zero-order chi connectivity index (χ0) is 47.8. The second-order valence-electron chi connectivity index (χ2n) is 22.2. The monoisotopic (exact) mass is 883 g/mol. The van der Waals surface area contributed by atoms with E-state index >= 15 is 0 Å². The number of rotatable bonds is 5. The highest BCUT2D eigenvalue weighted by molar-refractivity contribution is 6.01. The Bertz CT molecular complexity index is 3300. The van der Waals surface area contributed by atoms with E-state index in [0.29, 0.717) is 16.8 Å². The van der Waals surface area contributed by atoms with Crippen molar-refractivity contribution in [2.24, 2.45) is 0 Å². The molecule has 7 aromatic rings. The molecule has 2 aliphatic rings. The van der Waals surface area contributed by atoms with Crippen molar-refractivity contribution in [2.45, 2.75) is 105 Å². The highest BCUT2D eigenvalue weighted by Gasteiger charge is 2.30. The van der Waals surface area contributed by atoms with Gasteiger partial charge in [-0.3, -0.25) is 10.1 Å². The van der Waals surface area contributed by atoms with Gasteiger partial charge in [-0.05, 0) is 103 Å². The number of aromatic nitrogens is 4. The van der Waals surface area contributed by atoms with Crippen LogP contribution < -0.4 is 0 Å². The van der Waals surface area contributed by atoms with E-state index in [0.717, 1.165) is 72.4 Å². The first-order valence-electron chi connectivity index (χ1n) is 23.3. The van der Waals surface area contributed by atoms with Crippen LogP contribution in [0.25, 0.3) is 90.5 Å². The quantitative estimate of drug-likeness (QED) is 0.133. The standard InChI is InChI=1S/C60H61N5O2/c1-57(2,3)40-21-13-36(14-22-40)52-44-29-30-45(61-44)53(37-15-23-41(24-16-37)58(4,5)6)47-33-34-49(63-47)55(39-19-27-43(28-20-39)60(10,11)12)56-51(65(66)67)35-50(64-56)54(48-32-31-46(52)62-48)38-17-25-42(26-18-38)59(7,8)9/h13-35,62-63H,1-12H3. The molecule has 0 amide bonds. The summed E-state index contributed by atoms with van der Waals surface area (Å²) in [5, 5.41) is 13.4. The molecule has 0 aliphatic carbocycles. The fourth-order valence-corrected chi connectivity index (χ4v) is 9.16. The van der Waals surface area contributed by atoms with Crippen LogP contribution in [0, 0.1) is 10.1 Å². The Morgan fingerprint density at radius 2 is 0.672 bits per heavy atom. The van der Waals surface area contributed by atoms with Crippen molar-refractivity contribution in [1.82, 2.24) is 19.9 Å². The van der Waals surface area contributed by atoms with E-state index < -0.39 is 0 Å². The molecule has 2 N–H and O–H groups in total. The van der Waals surface area contributed by atoms with Crippen molar-refractivity contribution < 1.29 is 4.92 Å². The number of benzene rings is 4. The number of fused-ring (bicyclic) bond motifs is 8. The first-order valence-corrected chi connectivity index (χ1v) is 23.3. The third-order valence-corrected chi connectivity index (χ3v) is 13.2. The number of H-pyrrole nitrogens is 2. The normalized spacial score (nSPS) is 13.2. The molecular weight excluding hydrogens is 823 g/mol. The summed E-state index contributed by atoms with van der Waals surface area (Å²) < 4.78 is 0. The molecule has 3 aromatic heterocycles. The molecule has 5 heterocycles. The number of hydrogen-bond acceptors (Lipinski definition) is 4. The summed E-state index contributed by atoms with van der Waals surface area (Å²) in [5.41, 5.74) is 17.1. The van der Waals surface area contributed by atoms with Crippen LogP contribution in [-0.4, -0.2) is 24.9 Å². The van der Waals surface area contributed by atoms with E-state index in [2.05, 4.69) is 220 Å². The van der Waals surface area contributed by atoms with Gasteiger partial charge >= 0.3 is 0 Å². The number of nitrogens with zero attached hydrogens (tertiary/aromatic N) is 3. The van der Waals surface area contributed by atoms with Crippen LogP contribution in [0.15, 0.2) is 121 Å². The maximum atomic E-state index is 13.4. The van der Waals surface area contributed by atoms with Crippen LogP contribution in [0.1, 0.15) is 128 Å². The summed E-state index contributed by atoms with van der Waals surface area (Å²) >= 11 is 0. The molecule has 338 valence electrons. The van der Waals surface area contributed by atoms with E-state index in [-0.39, 0.29) is 38.0 Å². The molecule has 4 aromatic carbocycles. The highest BCUT2D eigenvalue weighted by Crippen LogP contribution is 2.42. The molecular formula is C60H61N5O2. The average Bonchev–Trinajstić information content (AvgIpc) is 4.11. The zero-order valence-electron chi connectivity index (χ0n) is 40.9. The largest absolute Gasteiger partial charge is 0.354 e. The average molecular weight is 884 g/mol. The van der Waals surface area contributed by atoms with Crippen LogP contribution in [0.3, 0.4) is 0 Å². The summed E-state index contributed by atoms with van der Waals surface area (Å²) in [6, 6.07) is 42.6. The topological polar surface area (TPSA) is 100 Å². The minimum Gasteiger partial charge on any atom is -0.354 e. The molecule has 0 spiro atoms. The van der Waals surface area contributed by atoms with E-state index in [1.54, 1.807) is 6.08 Å². The van der Waals surface area contributed by atoms with Crippen molar-refractivity contribution in [3.8, 4) is 44.5 Å². The van der Waals surface area contributed by atoms with Crippen molar-refractivity contribution in [3.63, 3.8) is 0 Å². The molecule has 2 aliphatic heterocycles. The van der Waals surface area contributed by atoms with Gasteiger partial charge in [-0.1, -0.05) is 180 Å². The lowest BCUT2D eigenvalue weighted by molar-refractivity contribution is -0.374. The first kappa shape index (κ1) is 45.1. The van der Waals surface area contributed by atoms with Gasteiger partial charge in [0.2, 0.25) is 0 Å². The minimum absolute atomic E-state index is 0.0239. The van der Waals surface area contributed by atoms with Crippen LogP contribution >= 0.6 is 0 Å². The van der Waals surface area contributed by atoms with Gasteiger partial charge in [0.25, 0.3) is 5.70 Å². The molecule has 7 nitrogen and oxygen atoms in total. The van der Waals surface area contributed by atoms with E-state index in [9.17, 15) is 10.1 Å². The predicted octanol–water partition coefficient (Wildman–Crippen LogP) is 16.1. The van der Waals surface area contributed by atoms with E-state index in [1.807, 2.05) is 6.07 Å². The Hall–Kier alpha value is -7.12. The van der Waals surface area contributed by atoms with Gasteiger partial charge in [-0.2, -0.15) is 0 Å². The van der Waals surface area contributed by atoms with Crippen LogP contribution in [0.4, 0.5) is 0 Å². The maximum Gasteiger partial charge on any atom is 0.297 e. The fourth-order valence-electron chi connectivity index (χ4n) is 9.16. The van der Waals surface area contributed by atoms with Gasteiger partial charge in [0.15, 0.2) is 5.69 Å². The minimum atomic E-state index is -0.301. The van der Waals surface area contributed by atoms with Crippen molar-refractivity contribution in [2.75, 3.05) is 0 Å². The third-order valence-electron chi connectivity index (χ3n) is 13.2. The number of hydrogen-bond donors (Lipinski definition) is 2. The summed E-state index contributed by atoms with van der Waals surface area (Å²) in [6.07, 6.45) is 5.86. The Balaban J connectivity index is 1.46. The molecule has 0 saturated carbocycles. The zero-order valence-corrected chi connectivity index (χ0v) is 40.9. The summed E-state index contributed by atoms with van der Waals surface area (Å²) in [5.74, 6) is 0. The van der Waals surface area contributed by atoms with Crippen LogP contribution in [0.5, 0.6) is 0 Å². The Morgan fingerprint density at radius 1 is 0.388 bits per heavy atom. The Kier molecular flexibility index (Phi) is 11.0. The van der Waals surface area contributed by atoms with Crippen LogP contribution in [0.2, 0.25) is 0 Å². The lowest BCUT2D eigenvalue weighted by Crippen LogP contribution is -2.10. The van der Waals surface area contributed by atoms with Crippen molar-refractivity contribution in [3.05, 3.63) is 176 Å². The lowest BCUT2D eigenvalue weighted by atomic mass is 9.86. The van der Waals surface area contributed by atoms with Crippen molar-refractivity contribution >= 4 is 46.0 Å². The molecule has 8 bridgehead atoms. The second-order valence-corrected chi connectivity index (χ2v) is 22.2. The molecule has 0 saturated heterocycles. The predicted molar refractivity (Wildman–Crippen MR) is 281 cm³/mol. The number of nitro groups is 1. The Labute approximate surface area is 395 Å². The van der Waals surface area contributed by atoms with Gasteiger partial charge in [0.05, 0.1) is 22.0 Å². The fraction of sp³-hybridized carbons (Fsp3) is 0.267. The van der Waals surface area contributed by atoms with E-state index in [1.165, 1.54) is 16.7 Å². The van der Waals surface area contributed by atoms with Gasteiger partial charge in [0.1, 0.15) is 0 Å². The number of aromatic amines is 2. The smallest absolute Gasteiger partial charge is 0.297 e. The summed E-state index contributed by atoms with van der Waals surface area (Å²) in [4.78, 5) is 31.5. The maximum absolute atomic E-state index is 13.4. The molecule has 9 rings (SSSR count). The van der Waals surface area contributed by atoms with Crippen LogP contribution in [-0.2, 0) is 21.7 Å². The summed E-state index contributed by atoms with van der Waals surface area (Å²) in [6.45, 7) is 26.5. The SMILES string of the molecule is CC(C)(C)c1ccc(-c2c3nc(c(-c4ccc(C(C)(C)C)cc4)c4ccc([nH]4)c(-c4ccc(C(C)(C)C)cc4)c4nc(c(-c5ccc(C(C)(C)C)cc5)c5ccc2[nH]5)C=C4[N+](=O)[O-])C=C3)cc1. The van der Waals surface area contributed by atoms with Gasteiger partial charge < -0.3 is 9.97 Å². The molecule has 0 fully saturated rings. The van der Waals surface area contributed by atoms with Crippen molar-refractivity contribution in [1.29, 1.82) is 0 Å². The number of nitrogens with one attached hydrogen (secondary N) is 2. The Morgan fingerprint density at radius 3 is 0.970 bits per heavy atom. The summed E-state index contributed by atoms with van der Waals surface area (Å²) in [7, 11) is 0. The lowest BCUT2D eigenvalue weighted by Gasteiger charge is -2.19. The molecule has 0 atom stereocenters. The van der Waals surface area contributed by atoms with Gasteiger partial charge in [-0.15, -0.1) is 0 Å². The molecule has 67 heavy (non-hydrogen) atoms. The highest BCUT2D eigenvalue weighted by atomic mass is 16.6. The molecule has 0 radical (unpaired) electrons. The van der Waals surface area contributed by atoms with Gasteiger partial charge in [0, 0.05) is 50.4 Å². The molecule has 7 heteroatoms. The first-order chi connectivity index (χ1) is 31.5. The van der Waals surface area contributed by atoms with E-state index in [4.69, 9.17) is 9.97 Å². The third kappa shape index (κ3) is 8.71. The molecule has 0 unspecified atom stereocenters.